The molecular weight excluding hydrogens is 256 g/mol. The summed E-state index contributed by atoms with van der Waals surface area (Å²) in [6.07, 6.45) is 1.00. The SMILES string of the molecule is CC(C)C1CN=C(NC2CCOc3ccccc32)S1. The van der Waals surface area contributed by atoms with E-state index in [0.717, 1.165) is 30.5 Å². The van der Waals surface area contributed by atoms with Crippen LogP contribution in [0, 0.1) is 5.92 Å². The number of benzene rings is 1. The quantitative estimate of drug-likeness (QED) is 0.900. The van der Waals surface area contributed by atoms with Crippen LogP contribution in [0.3, 0.4) is 0 Å². The number of ether oxygens (including phenoxy) is 1. The summed E-state index contributed by atoms with van der Waals surface area (Å²) in [5, 5.41) is 5.31. The van der Waals surface area contributed by atoms with Gasteiger partial charge in [-0.3, -0.25) is 4.99 Å². The Morgan fingerprint density at radius 2 is 2.21 bits per heavy atom. The molecule has 0 saturated carbocycles. The second-order valence-corrected chi connectivity index (χ2v) is 6.65. The minimum absolute atomic E-state index is 0.335. The van der Waals surface area contributed by atoms with Crippen LogP contribution in [0.5, 0.6) is 5.75 Å². The van der Waals surface area contributed by atoms with Gasteiger partial charge >= 0.3 is 0 Å². The Balaban J connectivity index is 1.69. The topological polar surface area (TPSA) is 33.6 Å². The molecule has 0 aliphatic carbocycles. The van der Waals surface area contributed by atoms with Gasteiger partial charge in [0.15, 0.2) is 5.17 Å². The average Bonchev–Trinajstić information content (AvgIpc) is 2.88. The fraction of sp³-hybridized carbons (Fsp3) is 0.533. The molecule has 0 bridgehead atoms. The standard InChI is InChI=1S/C15H20N2OS/c1-10(2)14-9-16-15(19-14)17-12-7-8-18-13-6-4-3-5-11(12)13/h3-6,10,12,14H,7-9H2,1-2H3,(H,16,17). The monoisotopic (exact) mass is 276 g/mol. The number of aliphatic imine (C=N–C) groups is 1. The first-order valence-corrected chi connectivity index (χ1v) is 7.81. The smallest absolute Gasteiger partial charge is 0.157 e. The molecule has 1 N–H and O–H groups in total. The summed E-state index contributed by atoms with van der Waals surface area (Å²) in [7, 11) is 0. The molecule has 102 valence electrons. The van der Waals surface area contributed by atoms with Crippen molar-refractivity contribution in [2.45, 2.75) is 31.6 Å². The zero-order valence-corrected chi connectivity index (χ0v) is 12.2. The summed E-state index contributed by atoms with van der Waals surface area (Å²) in [5.74, 6) is 1.69. The van der Waals surface area contributed by atoms with E-state index in [1.165, 1.54) is 5.56 Å². The van der Waals surface area contributed by atoms with E-state index in [9.17, 15) is 0 Å². The Hall–Kier alpha value is -1.16. The normalized spacial score (nSPS) is 25.7. The lowest BCUT2D eigenvalue weighted by Crippen LogP contribution is -2.30. The third kappa shape index (κ3) is 2.73. The molecule has 2 heterocycles. The predicted octanol–water partition coefficient (Wildman–Crippen LogP) is 3.23. The molecule has 0 fully saturated rings. The molecule has 0 spiro atoms. The molecule has 0 amide bonds. The zero-order valence-electron chi connectivity index (χ0n) is 11.4. The minimum Gasteiger partial charge on any atom is -0.493 e. The number of nitrogens with one attached hydrogen (secondary N) is 1. The number of nitrogens with zero attached hydrogens (tertiary/aromatic N) is 1. The number of fused-ring (bicyclic) bond motifs is 1. The fourth-order valence-corrected chi connectivity index (χ4v) is 3.53. The molecule has 4 heteroatoms. The lowest BCUT2D eigenvalue weighted by molar-refractivity contribution is 0.262. The Morgan fingerprint density at radius 3 is 3.00 bits per heavy atom. The van der Waals surface area contributed by atoms with Gasteiger partial charge in [0.1, 0.15) is 5.75 Å². The van der Waals surface area contributed by atoms with Crippen LogP contribution in [0.4, 0.5) is 0 Å². The van der Waals surface area contributed by atoms with Crippen molar-refractivity contribution in [3.05, 3.63) is 29.8 Å². The first-order chi connectivity index (χ1) is 9.24. The van der Waals surface area contributed by atoms with E-state index < -0.39 is 0 Å². The molecule has 2 aliphatic rings. The number of hydrogen-bond donors (Lipinski definition) is 1. The van der Waals surface area contributed by atoms with Crippen LogP contribution in [-0.4, -0.2) is 23.6 Å². The predicted molar refractivity (Wildman–Crippen MR) is 80.9 cm³/mol. The molecule has 0 saturated heterocycles. The summed E-state index contributed by atoms with van der Waals surface area (Å²) < 4.78 is 5.69. The zero-order chi connectivity index (χ0) is 13.2. The van der Waals surface area contributed by atoms with Crippen LogP contribution in [0.2, 0.25) is 0 Å². The van der Waals surface area contributed by atoms with E-state index in [1.807, 2.05) is 23.9 Å². The lowest BCUT2D eigenvalue weighted by Gasteiger charge is -2.27. The van der Waals surface area contributed by atoms with Gasteiger partial charge in [-0.15, -0.1) is 0 Å². The van der Waals surface area contributed by atoms with Gasteiger partial charge in [0, 0.05) is 17.2 Å². The second-order valence-electron chi connectivity index (χ2n) is 5.42. The van der Waals surface area contributed by atoms with Gasteiger partial charge in [0.05, 0.1) is 19.2 Å². The molecule has 0 aromatic heterocycles. The van der Waals surface area contributed by atoms with Gasteiger partial charge in [0.25, 0.3) is 0 Å². The fourth-order valence-electron chi connectivity index (χ4n) is 2.46. The van der Waals surface area contributed by atoms with Gasteiger partial charge in [-0.1, -0.05) is 43.8 Å². The summed E-state index contributed by atoms with van der Waals surface area (Å²) in [5.41, 5.74) is 1.25. The number of hydrogen-bond acceptors (Lipinski definition) is 4. The van der Waals surface area contributed by atoms with Crippen molar-refractivity contribution in [1.82, 2.24) is 5.32 Å². The second kappa shape index (κ2) is 5.45. The Bertz CT molecular complexity index is 487. The van der Waals surface area contributed by atoms with E-state index in [-0.39, 0.29) is 0 Å². The maximum Gasteiger partial charge on any atom is 0.157 e. The van der Waals surface area contributed by atoms with E-state index in [0.29, 0.717) is 17.2 Å². The molecule has 3 nitrogen and oxygen atoms in total. The Morgan fingerprint density at radius 1 is 1.37 bits per heavy atom. The molecule has 19 heavy (non-hydrogen) atoms. The summed E-state index contributed by atoms with van der Waals surface area (Å²) in [4.78, 5) is 4.63. The summed E-state index contributed by atoms with van der Waals surface area (Å²) in [6, 6.07) is 8.62. The van der Waals surface area contributed by atoms with Crippen LogP contribution < -0.4 is 10.1 Å². The molecule has 3 rings (SSSR count). The number of rotatable bonds is 2. The van der Waals surface area contributed by atoms with Crippen molar-refractivity contribution in [1.29, 1.82) is 0 Å². The van der Waals surface area contributed by atoms with Gasteiger partial charge in [-0.25, -0.2) is 0 Å². The molecule has 2 unspecified atom stereocenters. The highest BCUT2D eigenvalue weighted by molar-refractivity contribution is 8.14. The largest absolute Gasteiger partial charge is 0.493 e. The van der Waals surface area contributed by atoms with E-state index in [1.54, 1.807) is 0 Å². The van der Waals surface area contributed by atoms with Crippen molar-refractivity contribution in [2.75, 3.05) is 13.2 Å². The first-order valence-electron chi connectivity index (χ1n) is 6.93. The van der Waals surface area contributed by atoms with Crippen molar-refractivity contribution < 1.29 is 4.74 Å². The van der Waals surface area contributed by atoms with Crippen molar-refractivity contribution in [3.63, 3.8) is 0 Å². The van der Waals surface area contributed by atoms with Gasteiger partial charge in [-0.05, 0) is 12.0 Å². The molecule has 1 aromatic rings. The van der Waals surface area contributed by atoms with Crippen LogP contribution in [-0.2, 0) is 0 Å². The van der Waals surface area contributed by atoms with Crippen LogP contribution in [0.1, 0.15) is 31.9 Å². The third-order valence-corrected chi connectivity index (χ3v) is 5.14. The van der Waals surface area contributed by atoms with Gasteiger partial charge < -0.3 is 10.1 Å². The number of thioether (sulfide) groups is 1. The van der Waals surface area contributed by atoms with Gasteiger partial charge in [-0.2, -0.15) is 0 Å². The van der Waals surface area contributed by atoms with E-state index in [2.05, 4.69) is 36.3 Å². The Kier molecular flexibility index (Phi) is 3.69. The highest BCUT2D eigenvalue weighted by Crippen LogP contribution is 2.33. The third-order valence-electron chi connectivity index (χ3n) is 3.68. The maximum absolute atomic E-state index is 5.69. The number of amidine groups is 1. The van der Waals surface area contributed by atoms with Crippen molar-refractivity contribution in [2.24, 2.45) is 10.9 Å². The molecule has 2 aliphatic heterocycles. The molecule has 0 radical (unpaired) electrons. The van der Waals surface area contributed by atoms with E-state index in [4.69, 9.17) is 4.74 Å². The van der Waals surface area contributed by atoms with Crippen LogP contribution in [0.15, 0.2) is 29.3 Å². The molecule has 1 aromatic carbocycles. The molecular formula is C15H20N2OS. The summed E-state index contributed by atoms with van der Waals surface area (Å²) in [6.45, 7) is 6.25. The highest BCUT2D eigenvalue weighted by atomic mass is 32.2. The average molecular weight is 276 g/mol. The first kappa shape index (κ1) is 12.9. The van der Waals surface area contributed by atoms with Crippen LogP contribution in [0.25, 0.3) is 0 Å². The summed E-state index contributed by atoms with van der Waals surface area (Å²) >= 11 is 1.89. The Labute approximate surface area is 118 Å². The van der Waals surface area contributed by atoms with Gasteiger partial charge in [0.2, 0.25) is 0 Å². The highest BCUT2D eigenvalue weighted by Gasteiger charge is 2.27. The minimum atomic E-state index is 0.335. The lowest BCUT2D eigenvalue weighted by atomic mass is 10.0. The molecule has 2 atom stereocenters. The van der Waals surface area contributed by atoms with Crippen molar-refractivity contribution in [3.8, 4) is 5.75 Å². The maximum atomic E-state index is 5.69. The van der Waals surface area contributed by atoms with Crippen molar-refractivity contribution >= 4 is 16.9 Å². The van der Waals surface area contributed by atoms with Crippen LogP contribution >= 0.6 is 11.8 Å². The number of para-hydroxylation sites is 1. The van der Waals surface area contributed by atoms with E-state index >= 15 is 0 Å².